The number of nitrogens with zero attached hydrogens (tertiary/aromatic N) is 2. The summed E-state index contributed by atoms with van der Waals surface area (Å²) < 4.78 is 15.1. The zero-order valence-electron chi connectivity index (χ0n) is 20.3. The molecule has 1 heterocycles. The van der Waals surface area contributed by atoms with Crippen LogP contribution < -0.4 is 4.90 Å². The Kier molecular flexibility index (Phi) is 8.12. The summed E-state index contributed by atoms with van der Waals surface area (Å²) in [6.07, 6.45) is 1.99. The monoisotopic (exact) mass is 458 g/mol. The van der Waals surface area contributed by atoms with Crippen LogP contribution in [0.5, 0.6) is 0 Å². The van der Waals surface area contributed by atoms with E-state index in [0.717, 1.165) is 44.6 Å². The second-order valence-corrected chi connectivity index (χ2v) is 9.19. The maximum atomic E-state index is 15.1. The number of ketones is 1. The van der Waals surface area contributed by atoms with E-state index in [1.54, 1.807) is 6.07 Å². The van der Waals surface area contributed by atoms with Crippen LogP contribution >= 0.6 is 0 Å². The molecule has 0 radical (unpaired) electrons. The summed E-state index contributed by atoms with van der Waals surface area (Å²) in [5.74, 6) is 0.0441. The highest BCUT2D eigenvalue weighted by Gasteiger charge is 2.27. The third kappa shape index (κ3) is 5.56. The van der Waals surface area contributed by atoms with Crippen molar-refractivity contribution < 1.29 is 9.18 Å². The number of Topliss-reactive ketones (excluding diaryl/α,β-unsaturated/α-hetero) is 1. The minimum Gasteiger partial charge on any atom is -0.367 e. The molecule has 0 saturated carbocycles. The summed E-state index contributed by atoms with van der Waals surface area (Å²) in [6, 6.07) is 26.7. The SMILES string of the molecule is CCC(CC)C(=O)Cc1ccc(N2CCN(C(c3ccccc3)c3ccccc3)CC2)c(F)c1. The molecule has 3 nitrogen and oxygen atoms in total. The number of carbonyl (C=O) groups excluding carboxylic acids is 1. The summed E-state index contributed by atoms with van der Waals surface area (Å²) >= 11 is 0. The second kappa shape index (κ2) is 11.4. The van der Waals surface area contributed by atoms with Crippen LogP contribution in [0, 0.1) is 11.7 Å². The van der Waals surface area contributed by atoms with E-state index in [-0.39, 0.29) is 23.6 Å². The number of carbonyl (C=O) groups is 1. The predicted octanol–water partition coefficient (Wildman–Crippen LogP) is 6.29. The van der Waals surface area contributed by atoms with E-state index in [2.05, 4.69) is 58.3 Å². The fourth-order valence-electron chi connectivity index (χ4n) is 5.11. The van der Waals surface area contributed by atoms with E-state index in [1.807, 2.05) is 38.1 Å². The van der Waals surface area contributed by atoms with Gasteiger partial charge in [0.1, 0.15) is 11.6 Å². The highest BCUT2D eigenvalue weighted by atomic mass is 19.1. The number of piperazine rings is 1. The lowest BCUT2D eigenvalue weighted by atomic mass is 9.93. The quantitative estimate of drug-likeness (QED) is 0.377. The molecular formula is C30H35FN2O. The van der Waals surface area contributed by atoms with Crippen LogP contribution in [0.25, 0.3) is 0 Å². The molecule has 1 aliphatic heterocycles. The van der Waals surface area contributed by atoms with E-state index < -0.39 is 0 Å². The third-order valence-electron chi connectivity index (χ3n) is 7.08. The van der Waals surface area contributed by atoms with Crippen molar-refractivity contribution in [2.24, 2.45) is 5.92 Å². The van der Waals surface area contributed by atoms with Crippen molar-refractivity contribution in [1.29, 1.82) is 0 Å². The lowest BCUT2D eigenvalue weighted by Gasteiger charge is -2.40. The first-order valence-corrected chi connectivity index (χ1v) is 12.5. The Hall–Kier alpha value is -2.98. The van der Waals surface area contributed by atoms with Gasteiger partial charge in [0.2, 0.25) is 0 Å². The van der Waals surface area contributed by atoms with E-state index in [4.69, 9.17) is 0 Å². The van der Waals surface area contributed by atoms with Gasteiger partial charge < -0.3 is 4.90 Å². The van der Waals surface area contributed by atoms with Gasteiger partial charge in [0.15, 0.2) is 0 Å². The molecule has 1 saturated heterocycles. The van der Waals surface area contributed by atoms with Crippen molar-refractivity contribution >= 4 is 11.5 Å². The summed E-state index contributed by atoms with van der Waals surface area (Å²) in [5, 5.41) is 0. The predicted molar refractivity (Wildman–Crippen MR) is 138 cm³/mol. The fourth-order valence-corrected chi connectivity index (χ4v) is 5.11. The molecule has 0 aliphatic carbocycles. The molecule has 3 aromatic carbocycles. The first kappa shape index (κ1) is 24.2. The van der Waals surface area contributed by atoms with E-state index in [0.29, 0.717) is 12.1 Å². The van der Waals surface area contributed by atoms with Crippen molar-refractivity contribution in [2.75, 3.05) is 31.1 Å². The standard InChI is InChI=1S/C30H35FN2O/c1-3-24(4-2)29(34)22-23-15-16-28(27(31)21-23)32-17-19-33(20-18-32)30(25-11-7-5-8-12-25)26-13-9-6-10-14-26/h5-16,21,24,30H,3-4,17-20,22H2,1-2H3. The Morgan fingerprint density at radius 1 is 0.824 bits per heavy atom. The Morgan fingerprint density at radius 3 is 1.88 bits per heavy atom. The van der Waals surface area contributed by atoms with E-state index >= 15 is 4.39 Å². The molecule has 0 amide bonds. The maximum absolute atomic E-state index is 15.1. The molecule has 3 aromatic rings. The summed E-state index contributed by atoms with van der Waals surface area (Å²) in [4.78, 5) is 17.1. The Balaban J connectivity index is 1.45. The number of hydrogen-bond donors (Lipinski definition) is 0. The van der Waals surface area contributed by atoms with Gasteiger partial charge >= 0.3 is 0 Å². The number of anilines is 1. The van der Waals surface area contributed by atoms with Gasteiger partial charge in [-0.3, -0.25) is 9.69 Å². The van der Waals surface area contributed by atoms with Crippen molar-refractivity contribution in [2.45, 2.75) is 39.2 Å². The Labute approximate surface area is 203 Å². The van der Waals surface area contributed by atoms with Crippen LogP contribution in [0.3, 0.4) is 0 Å². The molecule has 1 aliphatic rings. The molecular weight excluding hydrogens is 423 g/mol. The molecule has 0 bridgehead atoms. The zero-order valence-corrected chi connectivity index (χ0v) is 20.3. The van der Waals surface area contributed by atoms with Gasteiger partial charge in [-0.2, -0.15) is 0 Å². The van der Waals surface area contributed by atoms with Gasteiger partial charge in [-0.15, -0.1) is 0 Å². The normalized spacial score (nSPS) is 14.7. The number of hydrogen-bond acceptors (Lipinski definition) is 3. The number of rotatable bonds is 9. The highest BCUT2D eigenvalue weighted by molar-refractivity contribution is 5.83. The second-order valence-electron chi connectivity index (χ2n) is 9.19. The molecule has 0 unspecified atom stereocenters. The average Bonchev–Trinajstić information content (AvgIpc) is 2.87. The van der Waals surface area contributed by atoms with Crippen molar-refractivity contribution in [1.82, 2.24) is 4.90 Å². The topological polar surface area (TPSA) is 23.6 Å². The maximum Gasteiger partial charge on any atom is 0.146 e. The largest absolute Gasteiger partial charge is 0.367 e. The number of benzene rings is 3. The average molecular weight is 459 g/mol. The van der Waals surface area contributed by atoms with Crippen molar-refractivity contribution in [3.05, 3.63) is 101 Å². The van der Waals surface area contributed by atoms with Crippen LogP contribution in [-0.2, 0) is 11.2 Å². The Morgan fingerprint density at radius 2 is 1.38 bits per heavy atom. The van der Waals surface area contributed by atoms with Gasteiger partial charge in [-0.1, -0.05) is 80.6 Å². The van der Waals surface area contributed by atoms with Crippen LogP contribution in [-0.4, -0.2) is 36.9 Å². The first-order valence-electron chi connectivity index (χ1n) is 12.5. The van der Waals surface area contributed by atoms with Crippen LogP contribution in [0.2, 0.25) is 0 Å². The summed E-state index contributed by atoms with van der Waals surface area (Å²) in [5.41, 5.74) is 3.96. The van der Waals surface area contributed by atoms with Crippen LogP contribution in [0.15, 0.2) is 78.9 Å². The van der Waals surface area contributed by atoms with Gasteiger partial charge in [0.25, 0.3) is 0 Å². The molecule has 0 atom stereocenters. The van der Waals surface area contributed by atoms with Gasteiger partial charge in [0, 0.05) is 38.5 Å². The molecule has 34 heavy (non-hydrogen) atoms. The van der Waals surface area contributed by atoms with Gasteiger partial charge in [0.05, 0.1) is 11.7 Å². The third-order valence-corrected chi connectivity index (χ3v) is 7.08. The van der Waals surface area contributed by atoms with E-state index in [9.17, 15) is 4.79 Å². The minimum absolute atomic E-state index is 0.0676. The molecule has 4 rings (SSSR count). The fraction of sp³-hybridized carbons (Fsp3) is 0.367. The van der Waals surface area contributed by atoms with Crippen molar-refractivity contribution in [3.8, 4) is 0 Å². The zero-order chi connectivity index (χ0) is 23.9. The van der Waals surface area contributed by atoms with Gasteiger partial charge in [-0.05, 0) is 41.7 Å². The lowest BCUT2D eigenvalue weighted by Crippen LogP contribution is -2.48. The summed E-state index contributed by atoms with van der Waals surface area (Å²) in [7, 11) is 0. The smallest absolute Gasteiger partial charge is 0.146 e. The summed E-state index contributed by atoms with van der Waals surface area (Å²) in [6.45, 7) is 7.30. The lowest BCUT2D eigenvalue weighted by molar-refractivity contribution is -0.122. The Bertz CT molecular complexity index is 1020. The first-order chi connectivity index (χ1) is 16.6. The highest BCUT2D eigenvalue weighted by Crippen LogP contribution is 2.31. The molecule has 178 valence electrons. The van der Waals surface area contributed by atoms with Crippen LogP contribution in [0.1, 0.15) is 49.4 Å². The molecule has 0 N–H and O–H groups in total. The molecule has 0 spiro atoms. The molecule has 1 fully saturated rings. The van der Waals surface area contributed by atoms with Crippen LogP contribution in [0.4, 0.5) is 10.1 Å². The molecule has 4 heteroatoms. The van der Waals surface area contributed by atoms with E-state index in [1.165, 1.54) is 11.1 Å². The number of halogens is 1. The molecule has 0 aromatic heterocycles. The van der Waals surface area contributed by atoms with Gasteiger partial charge in [-0.25, -0.2) is 4.39 Å². The minimum atomic E-state index is -0.231. The van der Waals surface area contributed by atoms with Crippen molar-refractivity contribution in [3.63, 3.8) is 0 Å².